The second-order valence-electron chi connectivity index (χ2n) is 12.0. The Bertz CT molecular complexity index is 1990. The molecule has 0 amide bonds. The normalized spacial score (nSPS) is 15.0. The Morgan fingerprint density at radius 2 is 1.56 bits per heavy atom. The summed E-state index contributed by atoms with van der Waals surface area (Å²) in [5, 5.41) is 11.7. The summed E-state index contributed by atoms with van der Waals surface area (Å²) in [4.78, 5) is 40.8. The van der Waals surface area contributed by atoms with Gasteiger partial charge >= 0.3 is 11.7 Å². The second kappa shape index (κ2) is 15.1. The van der Waals surface area contributed by atoms with Gasteiger partial charge in [0.25, 0.3) is 5.56 Å². The van der Waals surface area contributed by atoms with Gasteiger partial charge in [0.1, 0.15) is 11.9 Å². The van der Waals surface area contributed by atoms with Crippen molar-refractivity contribution in [3.8, 4) is 11.8 Å². The highest BCUT2D eigenvalue weighted by molar-refractivity contribution is 7.76. The van der Waals surface area contributed by atoms with Crippen LogP contribution in [0.5, 0.6) is 0 Å². The molecule has 5 rings (SSSR count). The van der Waals surface area contributed by atoms with Crippen LogP contribution in [0.1, 0.15) is 43.9 Å². The van der Waals surface area contributed by atoms with Crippen molar-refractivity contribution in [1.29, 1.82) is 0 Å². The standard InChI is InChI=1S/C35H38FN5O6S/c1-4-17-39-31-16-11-26(22-30(31)33(42)40(35(39)45)23-27-7-12-28(36)13-8-27)6-5-25-9-14-29(15-10-25)37-18-20-38(21-19-37)41(48(46)47)32(24(2)3)34(43)44/h7-16,22,24,32H,4,17-21,23H2,1-3H3,(H,43,44)(H,46,47). The van der Waals surface area contributed by atoms with Gasteiger partial charge in [-0.3, -0.25) is 23.3 Å². The Morgan fingerprint density at radius 1 is 0.938 bits per heavy atom. The van der Waals surface area contributed by atoms with Gasteiger partial charge in [-0.25, -0.2) is 18.4 Å². The van der Waals surface area contributed by atoms with E-state index in [4.69, 9.17) is 0 Å². The van der Waals surface area contributed by atoms with Crippen molar-refractivity contribution in [1.82, 2.24) is 18.6 Å². The molecule has 0 radical (unpaired) electrons. The van der Waals surface area contributed by atoms with Crippen LogP contribution in [-0.4, -0.2) is 70.6 Å². The summed E-state index contributed by atoms with van der Waals surface area (Å²) < 4.78 is 39.2. The van der Waals surface area contributed by atoms with E-state index in [0.29, 0.717) is 61.2 Å². The van der Waals surface area contributed by atoms with E-state index in [2.05, 4.69) is 16.7 Å². The molecule has 2 unspecified atom stereocenters. The summed E-state index contributed by atoms with van der Waals surface area (Å²) in [6, 6.07) is 17.5. The fraction of sp³-hybridized carbons (Fsp3) is 0.343. The van der Waals surface area contributed by atoms with Crippen molar-refractivity contribution in [2.24, 2.45) is 5.92 Å². The molecule has 13 heteroatoms. The van der Waals surface area contributed by atoms with E-state index in [-0.39, 0.29) is 12.5 Å². The smallest absolute Gasteiger partial charge is 0.331 e. The van der Waals surface area contributed by atoms with E-state index in [1.54, 1.807) is 53.8 Å². The molecule has 1 aromatic heterocycles. The average molecular weight is 676 g/mol. The Morgan fingerprint density at radius 3 is 2.15 bits per heavy atom. The summed E-state index contributed by atoms with van der Waals surface area (Å²) in [6.07, 6.45) is 0.697. The third-order valence-corrected chi connectivity index (χ3v) is 9.10. The number of anilines is 1. The van der Waals surface area contributed by atoms with Crippen LogP contribution in [0.3, 0.4) is 0 Å². The monoisotopic (exact) mass is 675 g/mol. The molecule has 0 aliphatic carbocycles. The first-order chi connectivity index (χ1) is 23.0. The van der Waals surface area contributed by atoms with E-state index in [0.717, 1.165) is 15.7 Å². The third kappa shape index (κ3) is 7.58. The lowest BCUT2D eigenvalue weighted by atomic mass is 10.1. The number of hydrazine groups is 1. The van der Waals surface area contributed by atoms with Crippen molar-refractivity contribution in [3.63, 3.8) is 0 Å². The van der Waals surface area contributed by atoms with Crippen LogP contribution in [0.15, 0.2) is 76.3 Å². The molecule has 0 bridgehead atoms. The molecule has 1 fully saturated rings. The zero-order chi connectivity index (χ0) is 34.5. The lowest BCUT2D eigenvalue weighted by Crippen LogP contribution is -2.60. The summed E-state index contributed by atoms with van der Waals surface area (Å²) in [7, 11) is 0. The highest BCUT2D eigenvalue weighted by Gasteiger charge is 2.38. The number of hydrogen-bond acceptors (Lipinski definition) is 6. The van der Waals surface area contributed by atoms with Gasteiger partial charge in [0.2, 0.25) is 11.3 Å². The third-order valence-electron chi connectivity index (χ3n) is 8.33. The van der Waals surface area contributed by atoms with Gasteiger partial charge in [0.15, 0.2) is 0 Å². The lowest BCUT2D eigenvalue weighted by Gasteiger charge is -2.42. The SMILES string of the molecule is CCCn1c(=O)n(Cc2ccc(F)cc2)c(=O)c2cc(C#Cc3ccc(N4CCN(N(C(C(=O)O)C(C)C)S(=O)O)CC4)cc3)ccc21. The Hall–Kier alpha value is -4.61. The van der Waals surface area contributed by atoms with Crippen molar-refractivity contribution < 1.29 is 23.1 Å². The highest BCUT2D eigenvalue weighted by atomic mass is 32.2. The minimum absolute atomic E-state index is 0.0227. The number of piperazine rings is 1. The van der Waals surface area contributed by atoms with Gasteiger partial charge < -0.3 is 10.0 Å². The Kier molecular flexibility index (Phi) is 10.9. The van der Waals surface area contributed by atoms with Crippen molar-refractivity contribution in [2.75, 3.05) is 31.1 Å². The number of fused-ring (bicyclic) bond motifs is 1. The van der Waals surface area contributed by atoms with Crippen LogP contribution in [0, 0.1) is 23.6 Å². The molecule has 1 aliphatic heterocycles. The van der Waals surface area contributed by atoms with Gasteiger partial charge in [0.05, 0.1) is 17.4 Å². The molecule has 0 spiro atoms. The molecule has 4 aromatic rings. The molecule has 11 nitrogen and oxygen atoms in total. The lowest BCUT2D eigenvalue weighted by molar-refractivity contribution is -0.148. The molecule has 1 aliphatic rings. The average Bonchev–Trinajstić information content (AvgIpc) is 3.07. The maximum atomic E-state index is 13.5. The van der Waals surface area contributed by atoms with Crippen LogP contribution in [-0.2, 0) is 29.2 Å². The fourth-order valence-corrected chi connectivity index (χ4v) is 6.80. The van der Waals surface area contributed by atoms with E-state index >= 15 is 0 Å². The number of aliphatic carboxylic acids is 1. The van der Waals surface area contributed by atoms with Gasteiger partial charge in [-0.05, 0) is 72.5 Å². The van der Waals surface area contributed by atoms with Gasteiger partial charge in [-0.1, -0.05) is 44.7 Å². The summed E-state index contributed by atoms with van der Waals surface area (Å²) in [5.74, 6) is 4.36. The van der Waals surface area contributed by atoms with Crippen LogP contribution in [0.4, 0.5) is 10.1 Å². The number of halogens is 1. The van der Waals surface area contributed by atoms with E-state index in [1.165, 1.54) is 16.7 Å². The van der Waals surface area contributed by atoms with Crippen LogP contribution in [0.2, 0.25) is 0 Å². The number of benzene rings is 3. The molecule has 0 saturated carbocycles. The number of nitrogens with zero attached hydrogens (tertiary/aromatic N) is 5. The fourth-order valence-electron chi connectivity index (χ4n) is 5.91. The molecule has 3 aromatic carbocycles. The maximum Gasteiger partial charge on any atom is 0.331 e. The van der Waals surface area contributed by atoms with E-state index < -0.39 is 40.3 Å². The number of aryl methyl sites for hydroxylation is 1. The number of aromatic nitrogens is 2. The Labute approximate surface area is 280 Å². The molecule has 252 valence electrons. The second-order valence-corrected chi connectivity index (χ2v) is 12.8. The zero-order valence-electron chi connectivity index (χ0n) is 27.0. The number of rotatable bonds is 10. The quantitative estimate of drug-likeness (QED) is 0.192. The molecule has 2 N–H and O–H groups in total. The Balaban J connectivity index is 1.33. The van der Waals surface area contributed by atoms with Gasteiger partial charge in [-0.2, -0.15) is 0 Å². The first kappa shape index (κ1) is 34.7. The molecular formula is C35H38FN5O6S. The van der Waals surface area contributed by atoms with Crippen LogP contribution in [0.25, 0.3) is 10.9 Å². The molecule has 1 saturated heterocycles. The van der Waals surface area contributed by atoms with Crippen molar-refractivity contribution in [3.05, 3.63) is 110 Å². The summed E-state index contributed by atoms with van der Waals surface area (Å²) >= 11 is -2.47. The van der Waals surface area contributed by atoms with Gasteiger partial charge in [0, 0.05) is 49.5 Å². The number of carboxylic acids is 1. The number of carboxylic acid groups (broad SMARTS) is 1. The molecular weight excluding hydrogens is 637 g/mol. The largest absolute Gasteiger partial charge is 0.480 e. The predicted molar refractivity (Wildman–Crippen MR) is 183 cm³/mol. The van der Waals surface area contributed by atoms with Crippen LogP contribution >= 0.6 is 0 Å². The van der Waals surface area contributed by atoms with Gasteiger partial charge in [-0.15, -0.1) is 4.41 Å². The highest BCUT2D eigenvalue weighted by Crippen LogP contribution is 2.22. The molecule has 48 heavy (non-hydrogen) atoms. The molecule has 2 atom stereocenters. The first-order valence-electron chi connectivity index (χ1n) is 15.7. The van der Waals surface area contributed by atoms with E-state index in [9.17, 15) is 32.6 Å². The predicted octanol–water partition coefficient (Wildman–Crippen LogP) is 3.75. The van der Waals surface area contributed by atoms with Crippen molar-refractivity contribution in [2.45, 2.75) is 46.3 Å². The summed E-state index contributed by atoms with van der Waals surface area (Å²) in [5.41, 5.74) is 2.63. The minimum Gasteiger partial charge on any atom is -0.480 e. The molecule has 2 heterocycles. The van der Waals surface area contributed by atoms with E-state index in [1.807, 2.05) is 31.2 Å². The number of hydrogen-bond donors (Lipinski definition) is 2. The minimum atomic E-state index is -2.47. The summed E-state index contributed by atoms with van der Waals surface area (Å²) in [6.45, 7) is 7.65. The number of carbonyl (C=O) groups is 1. The first-order valence-corrected chi connectivity index (χ1v) is 16.8. The topological polar surface area (TPSA) is 128 Å². The van der Waals surface area contributed by atoms with Crippen molar-refractivity contribution >= 4 is 33.8 Å². The zero-order valence-corrected chi connectivity index (χ0v) is 27.8. The van der Waals surface area contributed by atoms with Crippen LogP contribution < -0.4 is 16.1 Å². The maximum absolute atomic E-state index is 13.5.